The van der Waals surface area contributed by atoms with Crippen molar-refractivity contribution >= 4 is 18.5 Å². The standard InChI is InChI=1S/C5H10O5.2C4H6O3/c6-1-2-9-3-4-10-5(7)8;2*1-2-3-7-4(5)6/h6H,1-4H2,(H,7,8);2*2H,1,3H2,(H,5,6). The SMILES string of the molecule is C=CCOC(=O)O.C=CCOC(=O)O.O=C(O)OCCOCCO. The molecule has 11 heteroatoms. The molecule has 0 aromatic heterocycles. The van der Waals surface area contributed by atoms with E-state index in [1.807, 2.05) is 0 Å². The van der Waals surface area contributed by atoms with E-state index in [-0.39, 0.29) is 39.6 Å². The van der Waals surface area contributed by atoms with Crippen molar-refractivity contribution in [3.63, 3.8) is 0 Å². The van der Waals surface area contributed by atoms with Gasteiger partial charge in [-0.05, 0) is 0 Å². The average Bonchev–Trinajstić information content (AvgIpc) is 2.51. The molecule has 0 heterocycles. The van der Waals surface area contributed by atoms with E-state index in [0.717, 1.165) is 0 Å². The Morgan fingerprint density at radius 2 is 1.17 bits per heavy atom. The number of aliphatic hydroxyl groups excluding tert-OH is 1. The number of hydrogen-bond acceptors (Lipinski definition) is 8. The topological polar surface area (TPSA) is 169 Å². The summed E-state index contributed by atoms with van der Waals surface area (Å²) in [6, 6.07) is 0. The van der Waals surface area contributed by atoms with Gasteiger partial charge in [0.2, 0.25) is 0 Å². The lowest BCUT2D eigenvalue weighted by Crippen LogP contribution is -2.09. The van der Waals surface area contributed by atoms with Crippen LogP contribution in [0.25, 0.3) is 0 Å². The summed E-state index contributed by atoms with van der Waals surface area (Å²) in [7, 11) is 0. The van der Waals surface area contributed by atoms with Crippen molar-refractivity contribution in [3.8, 4) is 0 Å². The molecular weight excluding hydrogens is 332 g/mol. The predicted octanol–water partition coefficient (Wildman–Crippen LogP) is 1.42. The van der Waals surface area contributed by atoms with Crippen molar-refractivity contribution in [1.82, 2.24) is 0 Å². The van der Waals surface area contributed by atoms with Crippen molar-refractivity contribution in [2.24, 2.45) is 0 Å². The number of ether oxygens (including phenoxy) is 4. The largest absolute Gasteiger partial charge is 0.506 e. The maximum Gasteiger partial charge on any atom is 0.506 e. The molecule has 0 spiro atoms. The zero-order chi connectivity index (χ0) is 19.2. The molecule has 0 amide bonds. The Bertz CT molecular complexity index is 332. The Labute approximate surface area is 138 Å². The first-order valence-corrected chi connectivity index (χ1v) is 6.29. The first-order chi connectivity index (χ1) is 11.3. The molecule has 0 aromatic carbocycles. The van der Waals surface area contributed by atoms with Crippen molar-refractivity contribution in [2.45, 2.75) is 0 Å². The molecule has 4 N–H and O–H groups in total. The van der Waals surface area contributed by atoms with Crippen LogP contribution in [0, 0.1) is 0 Å². The third kappa shape index (κ3) is 42.7. The highest BCUT2D eigenvalue weighted by Crippen LogP contribution is 1.78. The summed E-state index contributed by atoms with van der Waals surface area (Å²) in [5.41, 5.74) is 0. The quantitative estimate of drug-likeness (QED) is 0.204. The van der Waals surface area contributed by atoms with Gasteiger partial charge in [-0.2, -0.15) is 0 Å². The molecule has 0 aromatic rings. The lowest BCUT2D eigenvalue weighted by Gasteiger charge is -2.00. The number of rotatable bonds is 9. The van der Waals surface area contributed by atoms with E-state index in [4.69, 9.17) is 25.2 Å². The van der Waals surface area contributed by atoms with Crippen LogP contribution < -0.4 is 0 Å². The summed E-state index contributed by atoms with van der Waals surface area (Å²) in [6.45, 7) is 6.96. The van der Waals surface area contributed by atoms with Gasteiger partial charge < -0.3 is 39.4 Å². The van der Waals surface area contributed by atoms with E-state index in [0.29, 0.717) is 0 Å². The number of carbonyl (C=O) groups is 3. The summed E-state index contributed by atoms with van der Waals surface area (Å²) in [5, 5.41) is 31.7. The zero-order valence-corrected chi connectivity index (χ0v) is 13.0. The summed E-state index contributed by atoms with van der Waals surface area (Å²) in [4.78, 5) is 28.7. The van der Waals surface area contributed by atoms with Crippen LogP contribution >= 0.6 is 0 Å². The molecule has 0 aliphatic heterocycles. The fraction of sp³-hybridized carbons (Fsp3) is 0.462. The monoisotopic (exact) mass is 354 g/mol. The first-order valence-electron chi connectivity index (χ1n) is 6.29. The van der Waals surface area contributed by atoms with Gasteiger partial charge in [-0.1, -0.05) is 25.3 Å². The van der Waals surface area contributed by atoms with Crippen molar-refractivity contribution in [1.29, 1.82) is 0 Å². The van der Waals surface area contributed by atoms with Gasteiger partial charge in [-0.3, -0.25) is 0 Å². The molecule has 0 saturated heterocycles. The smallest absolute Gasteiger partial charge is 0.450 e. The average molecular weight is 354 g/mol. The maximum atomic E-state index is 9.70. The Balaban J connectivity index is -0.000000283. The van der Waals surface area contributed by atoms with E-state index in [9.17, 15) is 14.4 Å². The van der Waals surface area contributed by atoms with E-state index in [2.05, 4.69) is 27.4 Å². The Hall–Kier alpha value is -2.79. The number of aliphatic hydroxyl groups is 1. The molecule has 0 aliphatic rings. The Morgan fingerprint density at radius 3 is 1.42 bits per heavy atom. The summed E-state index contributed by atoms with van der Waals surface area (Å²) in [6.07, 6.45) is -1.10. The normalized spacial score (nSPS) is 8.21. The molecule has 140 valence electrons. The minimum absolute atomic E-state index is 0.00926. The molecule has 11 nitrogen and oxygen atoms in total. The van der Waals surface area contributed by atoms with Gasteiger partial charge in [0.1, 0.15) is 19.8 Å². The second kappa shape index (κ2) is 22.5. The second-order valence-electron chi connectivity index (χ2n) is 3.18. The lowest BCUT2D eigenvalue weighted by atomic mass is 10.7. The van der Waals surface area contributed by atoms with Crippen LogP contribution in [-0.2, 0) is 18.9 Å². The number of carboxylic acid groups (broad SMARTS) is 3. The van der Waals surface area contributed by atoms with Gasteiger partial charge >= 0.3 is 18.5 Å². The van der Waals surface area contributed by atoms with Gasteiger partial charge in [-0.25, -0.2) is 14.4 Å². The highest BCUT2D eigenvalue weighted by Gasteiger charge is 1.94. The summed E-state index contributed by atoms with van der Waals surface area (Å²) >= 11 is 0. The van der Waals surface area contributed by atoms with Crippen LogP contribution in [0.3, 0.4) is 0 Å². The van der Waals surface area contributed by atoms with Gasteiger partial charge in [0.05, 0.1) is 19.8 Å². The third-order valence-corrected chi connectivity index (χ3v) is 1.34. The van der Waals surface area contributed by atoms with E-state index < -0.39 is 18.5 Å². The van der Waals surface area contributed by atoms with Crippen molar-refractivity contribution < 1.29 is 53.8 Å². The van der Waals surface area contributed by atoms with Crippen LogP contribution in [0.1, 0.15) is 0 Å². The minimum atomic E-state index is -1.31. The van der Waals surface area contributed by atoms with Gasteiger partial charge in [-0.15, -0.1) is 0 Å². The van der Waals surface area contributed by atoms with E-state index >= 15 is 0 Å². The van der Waals surface area contributed by atoms with Gasteiger partial charge in [0.15, 0.2) is 0 Å². The molecule has 0 rings (SSSR count). The fourth-order valence-corrected chi connectivity index (χ4v) is 0.615. The number of hydrogen-bond donors (Lipinski definition) is 4. The minimum Gasteiger partial charge on any atom is -0.450 e. The molecule has 24 heavy (non-hydrogen) atoms. The van der Waals surface area contributed by atoms with E-state index in [1.54, 1.807) is 0 Å². The van der Waals surface area contributed by atoms with Crippen LogP contribution in [0.5, 0.6) is 0 Å². The fourth-order valence-electron chi connectivity index (χ4n) is 0.615. The van der Waals surface area contributed by atoms with Crippen molar-refractivity contribution in [3.05, 3.63) is 25.3 Å². The van der Waals surface area contributed by atoms with E-state index in [1.165, 1.54) is 12.2 Å². The molecule has 0 bridgehead atoms. The molecular formula is C13H22O11. The molecule has 0 fully saturated rings. The summed E-state index contributed by atoms with van der Waals surface area (Å²) in [5.74, 6) is 0. The Kier molecular flexibility index (Phi) is 24.5. The molecule has 0 atom stereocenters. The third-order valence-electron chi connectivity index (χ3n) is 1.34. The predicted molar refractivity (Wildman–Crippen MR) is 80.2 cm³/mol. The van der Waals surface area contributed by atoms with Gasteiger partial charge in [0, 0.05) is 0 Å². The van der Waals surface area contributed by atoms with Crippen LogP contribution in [0.4, 0.5) is 14.4 Å². The second-order valence-corrected chi connectivity index (χ2v) is 3.18. The molecule has 0 radical (unpaired) electrons. The molecule has 0 aliphatic carbocycles. The highest BCUT2D eigenvalue weighted by atomic mass is 16.7. The van der Waals surface area contributed by atoms with Crippen LogP contribution in [0.2, 0.25) is 0 Å². The molecule has 0 saturated carbocycles. The van der Waals surface area contributed by atoms with Crippen LogP contribution in [-0.4, -0.2) is 78.5 Å². The zero-order valence-electron chi connectivity index (χ0n) is 13.0. The Morgan fingerprint density at radius 1 is 0.750 bits per heavy atom. The molecule has 0 unspecified atom stereocenters. The summed E-state index contributed by atoms with van der Waals surface area (Å²) < 4.78 is 16.8. The van der Waals surface area contributed by atoms with Crippen molar-refractivity contribution in [2.75, 3.05) is 39.6 Å². The van der Waals surface area contributed by atoms with Crippen LogP contribution in [0.15, 0.2) is 25.3 Å². The lowest BCUT2D eigenvalue weighted by molar-refractivity contribution is 0.0363. The maximum absolute atomic E-state index is 9.70. The van der Waals surface area contributed by atoms with Gasteiger partial charge in [0.25, 0.3) is 0 Å². The first kappa shape index (κ1) is 26.1. The highest BCUT2D eigenvalue weighted by molar-refractivity contribution is 5.57.